The number of hydrogen-bond donors (Lipinski definition) is 0. The van der Waals surface area contributed by atoms with Gasteiger partial charge in [-0.25, -0.2) is 0 Å². The highest BCUT2D eigenvalue weighted by atomic mass is 16.7. The number of hydrogen-bond acceptors (Lipinski definition) is 2. The van der Waals surface area contributed by atoms with Crippen LogP contribution < -0.4 is 0 Å². The lowest BCUT2D eigenvalue weighted by molar-refractivity contribution is -0.164. The van der Waals surface area contributed by atoms with Crippen molar-refractivity contribution in [3.05, 3.63) is 22.8 Å². The standard InChI is InChI=1S/C24H32O2/c1-4-10-22(2)11-9-21-20-6-5-17-16-24(25-14-15-26-24)13-8-18(17)19(20)7-12-23(21,22)3/h7,20-21H,5-6,8-9,11-16H2,1-3H3/t20-,21+,22+,23+/m1/s1. The van der Waals surface area contributed by atoms with Gasteiger partial charge in [0.05, 0.1) is 13.2 Å². The van der Waals surface area contributed by atoms with Gasteiger partial charge in [-0.05, 0) is 80.8 Å². The van der Waals surface area contributed by atoms with E-state index >= 15 is 0 Å². The van der Waals surface area contributed by atoms with Crippen molar-refractivity contribution in [3.8, 4) is 11.8 Å². The smallest absolute Gasteiger partial charge is 0.172 e. The molecule has 5 aliphatic rings. The molecule has 0 aromatic rings. The van der Waals surface area contributed by atoms with E-state index in [2.05, 4.69) is 31.8 Å². The van der Waals surface area contributed by atoms with E-state index in [0.717, 1.165) is 44.3 Å². The van der Waals surface area contributed by atoms with Crippen LogP contribution in [-0.2, 0) is 9.47 Å². The topological polar surface area (TPSA) is 18.5 Å². The second kappa shape index (κ2) is 5.73. The van der Waals surface area contributed by atoms with Gasteiger partial charge >= 0.3 is 0 Å². The van der Waals surface area contributed by atoms with E-state index in [-0.39, 0.29) is 11.2 Å². The Bertz CT molecular complexity index is 742. The summed E-state index contributed by atoms with van der Waals surface area (Å²) in [4.78, 5) is 0. The fraction of sp³-hybridized carbons (Fsp3) is 0.750. The fourth-order valence-electron chi connectivity index (χ4n) is 7.03. The lowest BCUT2D eigenvalue weighted by Crippen LogP contribution is -2.43. The zero-order chi connectivity index (χ0) is 18.0. The van der Waals surface area contributed by atoms with E-state index in [1.807, 2.05) is 6.92 Å². The minimum atomic E-state index is -0.280. The summed E-state index contributed by atoms with van der Waals surface area (Å²) >= 11 is 0. The molecular weight excluding hydrogens is 320 g/mol. The molecule has 0 N–H and O–H groups in total. The predicted octanol–water partition coefficient (Wildman–Crippen LogP) is 5.40. The fourth-order valence-corrected chi connectivity index (χ4v) is 7.03. The number of fused-ring (bicyclic) bond motifs is 4. The second-order valence-corrected chi connectivity index (χ2v) is 9.64. The minimum absolute atomic E-state index is 0.186. The highest BCUT2D eigenvalue weighted by Gasteiger charge is 2.58. The molecule has 2 fully saturated rings. The minimum Gasteiger partial charge on any atom is -0.347 e. The van der Waals surface area contributed by atoms with Crippen LogP contribution in [0, 0.1) is 34.5 Å². The number of allylic oxidation sites excluding steroid dienone is 3. The summed E-state index contributed by atoms with van der Waals surface area (Å²) in [5.41, 5.74) is 5.55. The van der Waals surface area contributed by atoms with E-state index in [1.54, 1.807) is 16.7 Å². The Hall–Kier alpha value is -1.04. The van der Waals surface area contributed by atoms with Crippen LogP contribution in [0.3, 0.4) is 0 Å². The van der Waals surface area contributed by atoms with Gasteiger partial charge in [0.2, 0.25) is 0 Å². The zero-order valence-corrected chi connectivity index (χ0v) is 16.6. The van der Waals surface area contributed by atoms with Crippen molar-refractivity contribution < 1.29 is 9.47 Å². The van der Waals surface area contributed by atoms with Crippen molar-refractivity contribution in [3.63, 3.8) is 0 Å². The largest absolute Gasteiger partial charge is 0.347 e. The third kappa shape index (κ3) is 2.20. The highest BCUT2D eigenvalue weighted by Crippen LogP contribution is 2.65. The number of rotatable bonds is 0. The molecule has 4 atom stereocenters. The molecule has 1 saturated carbocycles. The molecule has 2 heteroatoms. The molecule has 1 spiro atoms. The van der Waals surface area contributed by atoms with Gasteiger partial charge in [-0.3, -0.25) is 0 Å². The molecule has 0 radical (unpaired) electrons. The Morgan fingerprint density at radius 2 is 1.88 bits per heavy atom. The molecule has 1 heterocycles. The first-order chi connectivity index (χ1) is 12.5. The van der Waals surface area contributed by atoms with Gasteiger partial charge in [-0.1, -0.05) is 24.5 Å². The Morgan fingerprint density at radius 3 is 2.65 bits per heavy atom. The summed E-state index contributed by atoms with van der Waals surface area (Å²) in [7, 11) is 0. The normalized spacial score (nSPS) is 43.3. The van der Waals surface area contributed by atoms with Crippen molar-refractivity contribution in [2.24, 2.45) is 22.7 Å². The first-order valence-corrected chi connectivity index (χ1v) is 10.6. The molecule has 1 aliphatic heterocycles. The summed E-state index contributed by atoms with van der Waals surface area (Å²) in [5.74, 6) is 8.15. The van der Waals surface area contributed by atoms with Crippen molar-refractivity contribution in [2.45, 2.75) is 77.9 Å². The molecule has 5 rings (SSSR count). The quantitative estimate of drug-likeness (QED) is 0.544. The molecular formula is C24H32O2. The lowest BCUT2D eigenvalue weighted by Gasteiger charge is -2.50. The Balaban J connectivity index is 1.48. The predicted molar refractivity (Wildman–Crippen MR) is 103 cm³/mol. The molecule has 0 amide bonds. The average molecular weight is 353 g/mol. The summed E-state index contributed by atoms with van der Waals surface area (Å²) < 4.78 is 12.0. The second-order valence-electron chi connectivity index (χ2n) is 9.64. The summed E-state index contributed by atoms with van der Waals surface area (Å²) in [6, 6.07) is 0. The van der Waals surface area contributed by atoms with Gasteiger partial charge in [-0.15, -0.1) is 5.92 Å². The SMILES string of the molecule is CC#C[C@@]1(C)CC[C@H]2[C@@H]3CCC4=C(CCC5(C4)OCCO5)C3=CC[C@@]21C. The van der Waals surface area contributed by atoms with Crippen LogP contribution in [0.2, 0.25) is 0 Å². The van der Waals surface area contributed by atoms with Gasteiger partial charge < -0.3 is 9.47 Å². The Labute approximate surface area is 158 Å². The summed E-state index contributed by atoms with van der Waals surface area (Å²) in [5, 5.41) is 0. The van der Waals surface area contributed by atoms with Crippen LogP contribution in [0.1, 0.15) is 72.1 Å². The molecule has 0 aromatic carbocycles. The molecule has 26 heavy (non-hydrogen) atoms. The van der Waals surface area contributed by atoms with Crippen LogP contribution in [0.4, 0.5) is 0 Å². The van der Waals surface area contributed by atoms with Crippen molar-refractivity contribution in [1.29, 1.82) is 0 Å². The molecule has 1 saturated heterocycles. The Kier molecular flexibility index (Phi) is 3.76. The maximum absolute atomic E-state index is 6.01. The van der Waals surface area contributed by atoms with Crippen LogP contribution in [0.5, 0.6) is 0 Å². The summed E-state index contributed by atoms with van der Waals surface area (Å²) in [6.07, 6.45) is 12.2. The first-order valence-electron chi connectivity index (χ1n) is 10.6. The van der Waals surface area contributed by atoms with Crippen LogP contribution in [-0.4, -0.2) is 19.0 Å². The van der Waals surface area contributed by atoms with Gasteiger partial charge in [0, 0.05) is 18.3 Å². The molecule has 4 aliphatic carbocycles. The van der Waals surface area contributed by atoms with Gasteiger partial charge in [0.1, 0.15) is 0 Å². The van der Waals surface area contributed by atoms with Crippen molar-refractivity contribution >= 4 is 0 Å². The molecule has 0 bridgehead atoms. The maximum atomic E-state index is 6.01. The molecule has 140 valence electrons. The van der Waals surface area contributed by atoms with E-state index in [0.29, 0.717) is 5.41 Å². The van der Waals surface area contributed by atoms with Gasteiger partial charge in [-0.2, -0.15) is 0 Å². The maximum Gasteiger partial charge on any atom is 0.172 e. The van der Waals surface area contributed by atoms with Crippen LogP contribution >= 0.6 is 0 Å². The van der Waals surface area contributed by atoms with E-state index in [9.17, 15) is 0 Å². The van der Waals surface area contributed by atoms with Crippen LogP contribution in [0.25, 0.3) is 0 Å². The average Bonchev–Trinajstić information content (AvgIpc) is 3.18. The third-order valence-corrected chi connectivity index (χ3v) is 8.65. The monoisotopic (exact) mass is 352 g/mol. The van der Waals surface area contributed by atoms with Gasteiger partial charge in [0.25, 0.3) is 0 Å². The first kappa shape index (κ1) is 17.1. The Morgan fingerprint density at radius 1 is 1.08 bits per heavy atom. The van der Waals surface area contributed by atoms with E-state index < -0.39 is 0 Å². The number of ether oxygens (including phenoxy) is 2. The van der Waals surface area contributed by atoms with Crippen molar-refractivity contribution in [1.82, 2.24) is 0 Å². The van der Waals surface area contributed by atoms with Crippen LogP contribution in [0.15, 0.2) is 22.8 Å². The summed E-state index contributed by atoms with van der Waals surface area (Å²) in [6.45, 7) is 8.50. The van der Waals surface area contributed by atoms with Gasteiger partial charge in [0.15, 0.2) is 5.79 Å². The molecule has 2 nitrogen and oxygen atoms in total. The molecule has 0 aromatic heterocycles. The molecule has 0 unspecified atom stereocenters. The lowest BCUT2D eigenvalue weighted by atomic mass is 9.54. The van der Waals surface area contributed by atoms with E-state index in [4.69, 9.17) is 9.47 Å². The van der Waals surface area contributed by atoms with Crippen molar-refractivity contribution in [2.75, 3.05) is 13.2 Å². The highest BCUT2D eigenvalue weighted by molar-refractivity contribution is 5.45. The zero-order valence-electron chi connectivity index (χ0n) is 16.6. The third-order valence-electron chi connectivity index (χ3n) is 8.65. The van der Waals surface area contributed by atoms with E-state index in [1.165, 1.54) is 32.1 Å².